The van der Waals surface area contributed by atoms with Gasteiger partial charge in [0, 0.05) is 17.9 Å². The van der Waals surface area contributed by atoms with Crippen LogP contribution in [0.2, 0.25) is 10.0 Å². The maximum Gasteiger partial charge on any atom is 0.326 e. The highest BCUT2D eigenvalue weighted by atomic mass is 35.5. The number of anilines is 1. The second-order valence-electron chi connectivity index (χ2n) is 9.80. The number of nitrogens with one attached hydrogen (secondary N) is 2. The molecule has 1 aliphatic carbocycles. The Kier molecular flexibility index (Phi) is 8.00. The molecule has 8 nitrogen and oxygen atoms in total. The predicted octanol–water partition coefficient (Wildman–Crippen LogP) is 4.88. The predicted molar refractivity (Wildman–Crippen MR) is 136 cm³/mol. The highest BCUT2D eigenvalue weighted by molar-refractivity contribution is 6.40. The molecule has 0 aliphatic heterocycles. The molecule has 1 saturated carbocycles. The van der Waals surface area contributed by atoms with Crippen LogP contribution in [0.4, 0.5) is 5.69 Å². The van der Waals surface area contributed by atoms with Crippen LogP contribution >= 0.6 is 23.2 Å². The molecular formula is C26H28Cl2N2O6. The van der Waals surface area contributed by atoms with Crippen molar-refractivity contribution in [3.05, 3.63) is 63.6 Å². The van der Waals surface area contributed by atoms with E-state index in [9.17, 15) is 29.4 Å². The molecule has 2 amide bonds. The monoisotopic (exact) mass is 534 g/mol. The second kappa shape index (κ2) is 10.5. The smallest absolute Gasteiger partial charge is 0.326 e. The lowest BCUT2D eigenvalue weighted by Gasteiger charge is -2.38. The van der Waals surface area contributed by atoms with Gasteiger partial charge in [-0.2, -0.15) is 0 Å². The van der Waals surface area contributed by atoms with E-state index in [0.717, 1.165) is 0 Å². The number of carbonyl (C=O) groups is 4. The van der Waals surface area contributed by atoms with Crippen LogP contribution in [0.5, 0.6) is 0 Å². The van der Waals surface area contributed by atoms with Gasteiger partial charge in [-0.05, 0) is 55.0 Å². The number of amides is 2. The summed E-state index contributed by atoms with van der Waals surface area (Å²) in [5, 5.41) is 25.2. The van der Waals surface area contributed by atoms with Gasteiger partial charge < -0.3 is 20.8 Å². The van der Waals surface area contributed by atoms with Gasteiger partial charge in [0.05, 0.1) is 21.1 Å². The molecule has 0 unspecified atom stereocenters. The highest BCUT2D eigenvalue weighted by Gasteiger charge is 2.58. The number of aliphatic carboxylic acids is 2. The standard InChI is InChI=1S/C26H28Cl2N2O6/c1-25(2)16(11-12-26(25,3)24(35)36)22(32)29-19(23(33)34)13-14-7-9-15(10-8-14)21(31)30-20-17(27)5-4-6-18(20)28/h4-10,16,19H,11-13H2,1-3H3,(H,29,32)(H,30,31)(H,33,34)(H,35,36)/t16-,19+,26+/m1/s1. The van der Waals surface area contributed by atoms with E-state index < -0.39 is 46.5 Å². The van der Waals surface area contributed by atoms with E-state index >= 15 is 0 Å². The summed E-state index contributed by atoms with van der Waals surface area (Å²) in [4.78, 5) is 49.3. The third kappa shape index (κ3) is 5.34. The summed E-state index contributed by atoms with van der Waals surface area (Å²) >= 11 is 12.2. The molecule has 2 aromatic carbocycles. The fourth-order valence-corrected chi connectivity index (χ4v) is 5.14. The van der Waals surface area contributed by atoms with Crippen molar-refractivity contribution in [1.29, 1.82) is 0 Å². The first-order valence-corrected chi connectivity index (χ1v) is 12.1. The number of hydrogen-bond donors (Lipinski definition) is 4. The van der Waals surface area contributed by atoms with Gasteiger partial charge >= 0.3 is 11.9 Å². The summed E-state index contributed by atoms with van der Waals surface area (Å²) in [6.07, 6.45) is 0.671. The maximum atomic E-state index is 13.0. The van der Waals surface area contributed by atoms with Gasteiger partial charge in [0.25, 0.3) is 5.91 Å². The largest absolute Gasteiger partial charge is 0.481 e. The van der Waals surface area contributed by atoms with Crippen molar-refractivity contribution >= 4 is 52.6 Å². The Morgan fingerprint density at radius 1 is 1.00 bits per heavy atom. The lowest BCUT2D eigenvalue weighted by Crippen LogP contribution is -2.49. The van der Waals surface area contributed by atoms with E-state index in [1.807, 2.05) is 0 Å². The Balaban J connectivity index is 1.68. The van der Waals surface area contributed by atoms with Crippen LogP contribution in [0.15, 0.2) is 42.5 Å². The fourth-order valence-electron chi connectivity index (χ4n) is 4.65. The van der Waals surface area contributed by atoms with Crippen LogP contribution in [0.3, 0.4) is 0 Å². The fraction of sp³-hybridized carbons (Fsp3) is 0.385. The summed E-state index contributed by atoms with van der Waals surface area (Å²) in [7, 11) is 0. The normalized spacial score (nSPS) is 21.4. The van der Waals surface area contributed by atoms with Crippen LogP contribution < -0.4 is 10.6 Å². The molecule has 3 rings (SSSR count). The zero-order valence-corrected chi connectivity index (χ0v) is 21.6. The molecular weight excluding hydrogens is 507 g/mol. The molecule has 1 aliphatic rings. The number of carboxylic acid groups (broad SMARTS) is 2. The number of carbonyl (C=O) groups excluding carboxylic acids is 2. The third-order valence-electron chi connectivity index (χ3n) is 7.49. The first-order chi connectivity index (χ1) is 16.8. The average molecular weight is 535 g/mol. The minimum atomic E-state index is -1.22. The highest BCUT2D eigenvalue weighted by Crippen LogP contribution is 2.56. The molecule has 4 N–H and O–H groups in total. The van der Waals surface area contributed by atoms with Crippen molar-refractivity contribution in [3.63, 3.8) is 0 Å². The molecule has 0 saturated heterocycles. The van der Waals surface area contributed by atoms with Crippen molar-refractivity contribution in [1.82, 2.24) is 5.32 Å². The lowest BCUT2D eigenvalue weighted by atomic mass is 9.65. The average Bonchev–Trinajstić information content (AvgIpc) is 3.06. The van der Waals surface area contributed by atoms with Crippen LogP contribution in [0, 0.1) is 16.7 Å². The zero-order chi connectivity index (χ0) is 26.8. The van der Waals surface area contributed by atoms with E-state index in [1.54, 1.807) is 51.1 Å². The SMILES string of the molecule is CC1(C)[C@@H](C(=O)N[C@@H](Cc2ccc(C(=O)Nc3c(Cl)cccc3Cl)cc2)C(=O)O)CC[C@@]1(C)C(=O)O. The minimum absolute atomic E-state index is 0.0112. The molecule has 0 aromatic heterocycles. The van der Waals surface area contributed by atoms with E-state index in [0.29, 0.717) is 34.0 Å². The molecule has 0 heterocycles. The summed E-state index contributed by atoms with van der Waals surface area (Å²) in [6.45, 7) is 5.08. The van der Waals surface area contributed by atoms with Crippen molar-refractivity contribution in [2.24, 2.45) is 16.7 Å². The number of carboxylic acids is 2. The molecule has 36 heavy (non-hydrogen) atoms. The zero-order valence-electron chi connectivity index (χ0n) is 20.1. The number of hydrogen-bond acceptors (Lipinski definition) is 4. The van der Waals surface area contributed by atoms with Gasteiger partial charge in [-0.15, -0.1) is 0 Å². The minimum Gasteiger partial charge on any atom is -0.481 e. The first-order valence-electron chi connectivity index (χ1n) is 11.4. The molecule has 2 aromatic rings. The summed E-state index contributed by atoms with van der Waals surface area (Å²) in [5.74, 6) is -3.74. The molecule has 1 fully saturated rings. The van der Waals surface area contributed by atoms with E-state index in [-0.39, 0.29) is 12.1 Å². The Labute approximate surface area is 219 Å². The summed E-state index contributed by atoms with van der Waals surface area (Å²) in [5.41, 5.74) is -0.746. The molecule has 10 heteroatoms. The molecule has 3 atom stereocenters. The topological polar surface area (TPSA) is 133 Å². The molecule has 192 valence electrons. The quantitative estimate of drug-likeness (QED) is 0.381. The van der Waals surface area contributed by atoms with E-state index in [1.165, 1.54) is 12.1 Å². The van der Waals surface area contributed by atoms with Crippen LogP contribution in [0.25, 0.3) is 0 Å². The maximum absolute atomic E-state index is 13.0. The van der Waals surface area contributed by atoms with E-state index in [4.69, 9.17) is 23.2 Å². The van der Waals surface area contributed by atoms with Crippen LogP contribution in [-0.2, 0) is 20.8 Å². The van der Waals surface area contributed by atoms with Gasteiger partial charge in [0.2, 0.25) is 5.91 Å². The van der Waals surface area contributed by atoms with Gasteiger partial charge in [-0.3, -0.25) is 14.4 Å². The molecule has 0 spiro atoms. The summed E-state index contributed by atoms with van der Waals surface area (Å²) in [6, 6.07) is 9.92. The Morgan fingerprint density at radius 2 is 1.58 bits per heavy atom. The molecule has 0 bridgehead atoms. The van der Waals surface area contributed by atoms with Gasteiger partial charge in [0.15, 0.2) is 0 Å². The number of rotatable bonds is 8. The van der Waals surface area contributed by atoms with Crippen molar-refractivity contribution in [2.75, 3.05) is 5.32 Å². The third-order valence-corrected chi connectivity index (χ3v) is 8.12. The molecule has 0 radical (unpaired) electrons. The Hall–Kier alpha value is -3.10. The van der Waals surface area contributed by atoms with Crippen LogP contribution in [-0.4, -0.2) is 40.0 Å². The van der Waals surface area contributed by atoms with Crippen molar-refractivity contribution < 1.29 is 29.4 Å². The number of para-hydroxylation sites is 1. The first kappa shape index (κ1) is 27.5. The van der Waals surface area contributed by atoms with Gasteiger partial charge in [0.1, 0.15) is 6.04 Å². The summed E-state index contributed by atoms with van der Waals surface area (Å²) < 4.78 is 0. The van der Waals surface area contributed by atoms with Gasteiger partial charge in [-0.25, -0.2) is 4.79 Å². The van der Waals surface area contributed by atoms with Crippen molar-refractivity contribution in [3.8, 4) is 0 Å². The Bertz CT molecular complexity index is 1180. The van der Waals surface area contributed by atoms with Crippen molar-refractivity contribution in [2.45, 2.75) is 46.1 Å². The lowest BCUT2D eigenvalue weighted by molar-refractivity contribution is -0.155. The van der Waals surface area contributed by atoms with Gasteiger partial charge in [-0.1, -0.05) is 55.2 Å². The Morgan fingerprint density at radius 3 is 2.08 bits per heavy atom. The van der Waals surface area contributed by atoms with Crippen LogP contribution in [0.1, 0.15) is 49.5 Å². The number of halogens is 2. The second-order valence-corrected chi connectivity index (χ2v) is 10.6. The van der Waals surface area contributed by atoms with E-state index in [2.05, 4.69) is 10.6 Å². The number of benzene rings is 2.